The molecule has 0 radical (unpaired) electrons. The highest BCUT2D eigenvalue weighted by molar-refractivity contribution is 7.99. The number of carbonyl (C=O) groups excluding carboxylic acids is 1. The van der Waals surface area contributed by atoms with E-state index in [2.05, 4.69) is 12.1 Å². The van der Waals surface area contributed by atoms with Gasteiger partial charge in [0.2, 0.25) is 0 Å². The van der Waals surface area contributed by atoms with Gasteiger partial charge in [0.25, 0.3) is 0 Å². The lowest BCUT2D eigenvalue weighted by Crippen LogP contribution is -2.42. The number of hydrogen-bond acceptors (Lipinski definition) is 4. The number of para-hydroxylation sites is 1. The summed E-state index contributed by atoms with van der Waals surface area (Å²) in [7, 11) is 0. The molecular formula is C22H28O3S. The van der Waals surface area contributed by atoms with Gasteiger partial charge in [-0.2, -0.15) is 0 Å². The van der Waals surface area contributed by atoms with Crippen LogP contribution < -0.4 is 4.74 Å². The van der Waals surface area contributed by atoms with Gasteiger partial charge >= 0.3 is 5.97 Å². The van der Waals surface area contributed by atoms with E-state index in [1.165, 1.54) is 5.56 Å². The van der Waals surface area contributed by atoms with Gasteiger partial charge in [0.15, 0.2) is 0 Å². The maximum absolute atomic E-state index is 12.6. The van der Waals surface area contributed by atoms with Gasteiger partial charge in [0.1, 0.15) is 5.75 Å². The van der Waals surface area contributed by atoms with E-state index in [1.807, 2.05) is 64.1 Å². The van der Waals surface area contributed by atoms with Crippen molar-refractivity contribution in [3.8, 4) is 5.75 Å². The molecule has 2 rings (SSSR count). The minimum atomic E-state index is -0.812. The van der Waals surface area contributed by atoms with Crippen LogP contribution in [0, 0.1) is 19.8 Å². The largest absolute Gasteiger partial charge is 0.426 e. The highest BCUT2D eigenvalue weighted by atomic mass is 32.2. The Kier molecular flexibility index (Phi) is 6.90. The van der Waals surface area contributed by atoms with Gasteiger partial charge in [-0.3, -0.25) is 4.79 Å². The number of aliphatic hydroxyl groups excluding tert-OH is 1. The van der Waals surface area contributed by atoms with Crippen LogP contribution in [0.4, 0.5) is 0 Å². The van der Waals surface area contributed by atoms with E-state index in [9.17, 15) is 9.90 Å². The Morgan fingerprint density at radius 1 is 1.08 bits per heavy atom. The third kappa shape index (κ3) is 5.12. The molecule has 0 saturated heterocycles. The van der Waals surface area contributed by atoms with E-state index < -0.39 is 22.7 Å². The minimum absolute atomic E-state index is 0.400. The van der Waals surface area contributed by atoms with Gasteiger partial charge in [-0.1, -0.05) is 48.5 Å². The highest BCUT2D eigenvalue weighted by Gasteiger charge is 2.37. The van der Waals surface area contributed by atoms with E-state index in [4.69, 9.17) is 4.74 Å². The van der Waals surface area contributed by atoms with E-state index in [0.717, 1.165) is 16.9 Å². The van der Waals surface area contributed by atoms with Crippen molar-refractivity contribution < 1.29 is 14.6 Å². The molecule has 0 spiro atoms. The van der Waals surface area contributed by atoms with Crippen LogP contribution in [0.5, 0.6) is 5.75 Å². The summed E-state index contributed by atoms with van der Waals surface area (Å²) in [6.07, 6.45) is -0.812. The molecule has 26 heavy (non-hydrogen) atoms. The first kappa shape index (κ1) is 20.5. The number of esters is 1. The fourth-order valence-corrected chi connectivity index (χ4v) is 3.92. The zero-order chi connectivity index (χ0) is 19.3. The molecule has 0 aromatic heterocycles. The Balaban J connectivity index is 2.02. The average molecular weight is 373 g/mol. The summed E-state index contributed by atoms with van der Waals surface area (Å²) in [6, 6.07) is 15.9. The van der Waals surface area contributed by atoms with Crippen molar-refractivity contribution in [2.75, 3.05) is 0 Å². The van der Waals surface area contributed by atoms with Gasteiger partial charge in [-0.15, -0.1) is 11.8 Å². The van der Waals surface area contributed by atoms with Gasteiger partial charge in [-0.05, 0) is 51.3 Å². The zero-order valence-electron chi connectivity index (χ0n) is 16.2. The Bertz CT molecular complexity index is 720. The maximum Gasteiger partial charge on any atom is 0.316 e. The van der Waals surface area contributed by atoms with Gasteiger partial charge < -0.3 is 9.84 Å². The zero-order valence-corrected chi connectivity index (χ0v) is 17.0. The number of aliphatic hydroxyl groups is 1. The Morgan fingerprint density at radius 3 is 2.23 bits per heavy atom. The van der Waals surface area contributed by atoms with Crippen LogP contribution in [-0.4, -0.2) is 21.9 Å². The number of benzene rings is 2. The molecule has 0 aliphatic carbocycles. The lowest BCUT2D eigenvalue weighted by atomic mass is 9.94. The van der Waals surface area contributed by atoms with Crippen LogP contribution in [-0.2, 0) is 10.5 Å². The molecule has 1 N–H and O–H groups in total. The van der Waals surface area contributed by atoms with Crippen molar-refractivity contribution in [3.63, 3.8) is 0 Å². The molecule has 4 heteroatoms. The van der Waals surface area contributed by atoms with Gasteiger partial charge in [-0.25, -0.2) is 0 Å². The van der Waals surface area contributed by atoms with Crippen LogP contribution in [0.1, 0.15) is 37.5 Å². The number of hydrogen-bond donors (Lipinski definition) is 1. The first-order valence-corrected chi connectivity index (χ1v) is 9.85. The predicted molar refractivity (Wildman–Crippen MR) is 109 cm³/mol. The second-order valence-corrected chi connectivity index (χ2v) is 8.88. The fraction of sp³-hybridized carbons (Fsp3) is 0.409. The van der Waals surface area contributed by atoms with Gasteiger partial charge in [0.05, 0.1) is 12.0 Å². The number of ether oxygens (including phenoxy) is 1. The van der Waals surface area contributed by atoms with E-state index >= 15 is 0 Å². The summed E-state index contributed by atoms with van der Waals surface area (Å²) in [5, 5.41) is 10.8. The van der Waals surface area contributed by atoms with Gasteiger partial charge in [0, 0.05) is 10.5 Å². The molecule has 140 valence electrons. The second kappa shape index (κ2) is 8.74. The van der Waals surface area contributed by atoms with E-state index in [-0.39, 0.29) is 0 Å². The summed E-state index contributed by atoms with van der Waals surface area (Å²) >= 11 is 1.64. The van der Waals surface area contributed by atoms with Crippen molar-refractivity contribution in [1.29, 1.82) is 0 Å². The topological polar surface area (TPSA) is 46.5 Å². The molecule has 2 aromatic rings. The van der Waals surface area contributed by atoms with E-state index in [1.54, 1.807) is 18.7 Å². The molecule has 3 nitrogen and oxygen atoms in total. The normalized spacial score (nSPS) is 13.9. The molecule has 0 aliphatic rings. The first-order valence-electron chi connectivity index (χ1n) is 8.86. The van der Waals surface area contributed by atoms with E-state index in [0.29, 0.717) is 5.75 Å². The monoisotopic (exact) mass is 372 g/mol. The van der Waals surface area contributed by atoms with Crippen LogP contribution in [0.2, 0.25) is 0 Å². The quantitative estimate of drug-likeness (QED) is 0.554. The van der Waals surface area contributed by atoms with Crippen molar-refractivity contribution >= 4 is 17.7 Å². The number of rotatable bonds is 7. The maximum atomic E-state index is 12.6. The van der Waals surface area contributed by atoms with Crippen LogP contribution in [0.15, 0.2) is 48.5 Å². The molecule has 0 fully saturated rings. The lowest BCUT2D eigenvalue weighted by molar-refractivity contribution is -0.142. The first-order chi connectivity index (χ1) is 12.2. The van der Waals surface area contributed by atoms with Crippen LogP contribution in [0.25, 0.3) is 0 Å². The molecule has 0 heterocycles. The Hall–Kier alpha value is -1.78. The molecule has 2 atom stereocenters. The standard InChI is InChI=1S/C22H28O3S/c1-15-10-9-11-16(2)19(15)25-21(24)17(3)20(23)22(4,5)26-14-18-12-7-6-8-13-18/h6-13,17,20,23H,14H2,1-5H3/t17-,20+/m1/s1. The minimum Gasteiger partial charge on any atom is -0.426 e. The van der Waals surface area contributed by atoms with Crippen LogP contribution in [0.3, 0.4) is 0 Å². The summed E-state index contributed by atoms with van der Waals surface area (Å²) < 4.78 is 5.13. The molecule has 0 bridgehead atoms. The number of thioether (sulfide) groups is 1. The third-order valence-corrected chi connectivity index (χ3v) is 6.09. The fourth-order valence-electron chi connectivity index (χ4n) is 2.81. The van der Waals surface area contributed by atoms with Crippen LogP contribution >= 0.6 is 11.8 Å². The molecule has 2 aromatic carbocycles. The molecule has 0 unspecified atom stereocenters. The smallest absolute Gasteiger partial charge is 0.316 e. The molecule has 0 saturated carbocycles. The average Bonchev–Trinajstić information content (AvgIpc) is 2.62. The summed E-state index contributed by atoms with van der Waals surface area (Å²) in [5.74, 6) is 0.352. The van der Waals surface area contributed by atoms with Crippen molar-refractivity contribution in [1.82, 2.24) is 0 Å². The van der Waals surface area contributed by atoms with Crippen molar-refractivity contribution in [3.05, 3.63) is 65.2 Å². The van der Waals surface area contributed by atoms with Crippen molar-refractivity contribution in [2.45, 2.75) is 51.2 Å². The third-order valence-electron chi connectivity index (χ3n) is 4.62. The number of aryl methyl sites for hydroxylation is 2. The molecule has 0 aliphatic heterocycles. The Morgan fingerprint density at radius 2 is 1.65 bits per heavy atom. The molecule has 0 amide bonds. The SMILES string of the molecule is Cc1cccc(C)c1OC(=O)[C@H](C)[C@H](O)C(C)(C)SCc1ccccc1. The lowest BCUT2D eigenvalue weighted by Gasteiger charge is -2.33. The summed E-state index contributed by atoms with van der Waals surface area (Å²) in [6.45, 7) is 9.49. The van der Waals surface area contributed by atoms with Crippen molar-refractivity contribution in [2.24, 2.45) is 5.92 Å². The highest BCUT2D eigenvalue weighted by Crippen LogP contribution is 2.35. The number of carbonyl (C=O) groups is 1. The summed E-state index contributed by atoms with van der Waals surface area (Å²) in [4.78, 5) is 12.6. The Labute approximate surface area is 160 Å². The second-order valence-electron chi connectivity index (χ2n) is 7.25. The predicted octanol–water partition coefficient (Wildman–Crippen LogP) is 4.92. The summed E-state index contributed by atoms with van der Waals surface area (Å²) in [5.41, 5.74) is 3.03. The molecular weight excluding hydrogens is 344 g/mol.